The fourth-order valence-electron chi connectivity index (χ4n) is 1.47. The molecule has 0 radical (unpaired) electrons. The van der Waals surface area contributed by atoms with E-state index in [-0.39, 0.29) is 11.1 Å². The van der Waals surface area contributed by atoms with E-state index in [1.807, 2.05) is 19.1 Å². The summed E-state index contributed by atoms with van der Waals surface area (Å²) in [5.41, 5.74) is 0.759. The number of benzene rings is 2. The summed E-state index contributed by atoms with van der Waals surface area (Å²) in [5, 5.41) is 26.1. The fraction of sp³-hybridized carbons (Fsp3) is 0.0667. The summed E-state index contributed by atoms with van der Waals surface area (Å²) in [6.07, 6.45) is 0. The summed E-state index contributed by atoms with van der Waals surface area (Å²) in [6, 6.07) is 10.9. The Kier molecular flexibility index (Phi) is 5.92. The lowest BCUT2D eigenvalue weighted by Crippen LogP contribution is -2.06. The van der Waals surface area contributed by atoms with Crippen molar-refractivity contribution in [2.45, 2.75) is 6.92 Å². The van der Waals surface area contributed by atoms with Crippen LogP contribution in [0.4, 0.5) is 0 Å². The van der Waals surface area contributed by atoms with Crippen LogP contribution in [-0.4, -0.2) is 27.3 Å². The Morgan fingerprint density at radius 1 is 0.952 bits per heavy atom. The van der Waals surface area contributed by atoms with Crippen LogP contribution in [0.15, 0.2) is 46.9 Å². The van der Waals surface area contributed by atoms with Crippen molar-refractivity contribution < 1.29 is 24.9 Å². The minimum atomic E-state index is -1.23. The van der Waals surface area contributed by atoms with Crippen molar-refractivity contribution in [3.8, 4) is 5.75 Å². The number of halogens is 1. The van der Waals surface area contributed by atoms with E-state index in [2.05, 4.69) is 15.9 Å². The van der Waals surface area contributed by atoms with E-state index in [1.165, 1.54) is 24.3 Å². The van der Waals surface area contributed by atoms with Gasteiger partial charge in [-0.2, -0.15) is 0 Å². The summed E-state index contributed by atoms with van der Waals surface area (Å²) in [4.78, 5) is 20.9. The summed E-state index contributed by atoms with van der Waals surface area (Å²) in [5.74, 6) is -2.17. The number of hydrogen-bond donors (Lipinski definition) is 3. The number of carboxylic acids is 2. The van der Waals surface area contributed by atoms with Crippen LogP contribution in [-0.2, 0) is 0 Å². The molecule has 2 aromatic rings. The maximum absolute atomic E-state index is 10.5. The molecule has 2 rings (SSSR count). The molecule has 0 bridgehead atoms. The Hall–Kier alpha value is -2.34. The van der Waals surface area contributed by atoms with Crippen LogP contribution >= 0.6 is 15.9 Å². The van der Waals surface area contributed by atoms with Crippen LogP contribution in [0.1, 0.15) is 26.3 Å². The van der Waals surface area contributed by atoms with Gasteiger partial charge in [0, 0.05) is 0 Å². The van der Waals surface area contributed by atoms with E-state index >= 15 is 0 Å². The molecule has 0 aliphatic carbocycles. The molecule has 0 fully saturated rings. The van der Waals surface area contributed by atoms with Gasteiger partial charge in [-0.3, -0.25) is 0 Å². The fourth-order valence-corrected chi connectivity index (χ4v) is 1.96. The van der Waals surface area contributed by atoms with Crippen molar-refractivity contribution in [3.63, 3.8) is 0 Å². The van der Waals surface area contributed by atoms with Gasteiger partial charge in [-0.25, -0.2) is 9.59 Å². The second-order valence-electron chi connectivity index (χ2n) is 4.11. The zero-order chi connectivity index (χ0) is 16.0. The number of hydrogen-bond acceptors (Lipinski definition) is 3. The topological polar surface area (TPSA) is 94.8 Å². The molecule has 5 nitrogen and oxygen atoms in total. The number of aromatic hydroxyl groups is 1. The van der Waals surface area contributed by atoms with E-state index in [4.69, 9.17) is 15.3 Å². The van der Waals surface area contributed by atoms with E-state index in [0.717, 1.165) is 10.0 Å². The quantitative estimate of drug-likeness (QED) is 0.768. The molecule has 0 aliphatic heterocycles. The second-order valence-corrected chi connectivity index (χ2v) is 4.97. The number of phenolic OH excluding ortho intramolecular Hbond substituents is 1. The standard InChI is InChI=1S/C8H6O4.C7H7BrO/c9-7(10)5-3-1-2-4-6(5)8(11)12;1-5-2-3-7(9)6(8)4-5/h1-4H,(H,9,10)(H,11,12);2-4,9H,1H3. The van der Waals surface area contributed by atoms with Crippen molar-refractivity contribution in [1.29, 1.82) is 0 Å². The highest BCUT2D eigenvalue weighted by Crippen LogP contribution is 2.23. The predicted molar refractivity (Wildman–Crippen MR) is 80.9 cm³/mol. The van der Waals surface area contributed by atoms with Gasteiger partial charge in [-0.1, -0.05) is 18.2 Å². The first-order valence-corrected chi connectivity index (χ1v) is 6.63. The van der Waals surface area contributed by atoms with Crippen LogP contribution in [0.5, 0.6) is 5.75 Å². The maximum Gasteiger partial charge on any atom is 0.336 e. The van der Waals surface area contributed by atoms with Crippen LogP contribution in [0.2, 0.25) is 0 Å². The third kappa shape index (κ3) is 4.92. The molecular formula is C15H13BrO5. The van der Waals surface area contributed by atoms with Gasteiger partial charge in [0.05, 0.1) is 15.6 Å². The van der Waals surface area contributed by atoms with Gasteiger partial charge in [0.2, 0.25) is 0 Å². The first-order valence-electron chi connectivity index (χ1n) is 5.83. The molecule has 3 N–H and O–H groups in total. The molecule has 21 heavy (non-hydrogen) atoms. The van der Waals surface area contributed by atoms with Crippen LogP contribution in [0, 0.1) is 6.92 Å². The lowest BCUT2D eigenvalue weighted by atomic mass is 10.1. The molecule has 0 amide bonds. The van der Waals surface area contributed by atoms with Crippen LogP contribution in [0.25, 0.3) is 0 Å². The summed E-state index contributed by atoms with van der Waals surface area (Å²) >= 11 is 3.20. The Bertz CT molecular complexity index is 634. The molecule has 0 atom stereocenters. The van der Waals surface area contributed by atoms with E-state index in [0.29, 0.717) is 5.75 Å². The van der Waals surface area contributed by atoms with Crippen molar-refractivity contribution in [3.05, 3.63) is 63.6 Å². The second kappa shape index (κ2) is 7.44. The van der Waals surface area contributed by atoms with Crippen molar-refractivity contribution in [1.82, 2.24) is 0 Å². The molecule has 110 valence electrons. The Morgan fingerprint density at radius 3 is 1.76 bits per heavy atom. The zero-order valence-electron chi connectivity index (χ0n) is 11.1. The predicted octanol–water partition coefficient (Wildman–Crippen LogP) is 3.55. The van der Waals surface area contributed by atoms with Gasteiger partial charge in [0.1, 0.15) is 5.75 Å². The first-order chi connectivity index (χ1) is 9.82. The Morgan fingerprint density at radius 2 is 1.43 bits per heavy atom. The number of phenols is 1. The number of rotatable bonds is 2. The van der Waals surface area contributed by atoms with Gasteiger partial charge in [-0.05, 0) is 52.7 Å². The smallest absolute Gasteiger partial charge is 0.336 e. The summed E-state index contributed by atoms with van der Waals surface area (Å²) in [7, 11) is 0. The monoisotopic (exact) mass is 352 g/mol. The summed E-state index contributed by atoms with van der Waals surface area (Å²) < 4.78 is 0.752. The van der Waals surface area contributed by atoms with Crippen molar-refractivity contribution in [2.75, 3.05) is 0 Å². The highest BCUT2D eigenvalue weighted by molar-refractivity contribution is 9.10. The number of carbonyl (C=O) groups is 2. The van der Waals surface area contributed by atoms with Gasteiger partial charge in [0.15, 0.2) is 0 Å². The molecule has 0 aromatic heterocycles. The Labute approximate surface area is 129 Å². The van der Waals surface area contributed by atoms with Gasteiger partial charge < -0.3 is 15.3 Å². The minimum absolute atomic E-state index is 0.190. The SMILES string of the molecule is Cc1ccc(O)c(Br)c1.O=C(O)c1ccccc1C(=O)O. The van der Waals surface area contributed by atoms with E-state index < -0.39 is 11.9 Å². The molecule has 0 saturated heterocycles. The molecule has 0 unspecified atom stereocenters. The van der Waals surface area contributed by atoms with Gasteiger partial charge in [0.25, 0.3) is 0 Å². The number of carboxylic acid groups (broad SMARTS) is 2. The van der Waals surface area contributed by atoms with Crippen molar-refractivity contribution >= 4 is 27.9 Å². The molecule has 0 saturated carbocycles. The zero-order valence-corrected chi connectivity index (χ0v) is 12.7. The average Bonchev–Trinajstić information content (AvgIpc) is 2.44. The molecule has 6 heteroatoms. The highest BCUT2D eigenvalue weighted by atomic mass is 79.9. The number of aryl methyl sites for hydroxylation is 1. The lowest BCUT2D eigenvalue weighted by molar-refractivity contribution is 0.0651. The molecular weight excluding hydrogens is 340 g/mol. The normalized spacial score (nSPS) is 9.43. The summed E-state index contributed by atoms with van der Waals surface area (Å²) in [6.45, 7) is 1.98. The van der Waals surface area contributed by atoms with Crippen molar-refractivity contribution in [2.24, 2.45) is 0 Å². The molecule has 2 aromatic carbocycles. The molecule has 0 aliphatic rings. The average molecular weight is 353 g/mol. The van der Waals surface area contributed by atoms with Crippen LogP contribution in [0.3, 0.4) is 0 Å². The Balaban J connectivity index is 0.000000219. The number of aromatic carboxylic acids is 2. The lowest BCUT2D eigenvalue weighted by Gasteiger charge is -1.98. The third-order valence-electron chi connectivity index (χ3n) is 2.49. The van der Waals surface area contributed by atoms with Gasteiger partial charge in [-0.15, -0.1) is 0 Å². The van der Waals surface area contributed by atoms with Crippen LogP contribution < -0.4 is 0 Å². The first kappa shape index (κ1) is 16.7. The highest BCUT2D eigenvalue weighted by Gasteiger charge is 2.13. The largest absolute Gasteiger partial charge is 0.507 e. The molecule has 0 heterocycles. The third-order valence-corrected chi connectivity index (χ3v) is 3.13. The van der Waals surface area contributed by atoms with Gasteiger partial charge >= 0.3 is 11.9 Å². The molecule has 0 spiro atoms. The maximum atomic E-state index is 10.5. The van der Waals surface area contributed by atoms with E-state index in [9.17, 15) is 9.59 Å². The van der Waals surface area contributed by atoms with E-state index in [1.54, 1.807) is 6.07 Å². The minimum Gasteiger partial charge on any atom is -0.507 e.